The number of amides is 2. The summed E-state index contributed by atoms with van der Waals surface area (Å²) in [5.74, 6) is -0.594. The number of hydrogen-bond acceptors (Lipinski definition) is 3. The Balaban J connectivity index is 1.71. The molecule has 2 atom stereocenters. The highest BCUT2D eigenvalue weighted by Crippen LogP contribution is 2.33. The zero-order valence-electron chi connectivity index (χ0n) is 12.5. The van der Waals surface area contributed by atoms with E-state index >= 15 is 0 Å². The van der Waals surface area contributed by atoms with Gasteiger partial charge in [-0.25, -0.2) is 4.79 Å². The minimum Gasteiger partial charge on any atom is -0.481 e. The number of carbonyl (C=O) groups is 2. The highest BCUT2D eigenvalue weighted by molar-refractivity contribution is 5.73. The van der Waals surface area contributed by atoms with Gasteiger partial charge in [0.1, 0.15) is 0 Å². The minimum atomic E-state index is -0.851. The third kappa shape index (κ3) is 5.04. The van der Waals surface area contributed by atoms with Crippen LogP contribution in [0, 0.1) is 5.92 Å². The van der Waals surface area contributed by atoms with Gasteiger partial charge in [0.15, 0.2) is 0 Å². The van der Waals surface area contributed by atoms with Gasteiger partial charge in [0.25, 0.3) is 0 Å². The zero-order chi connectivity index (χ0) is 15.8. The molecule has 0 spiro atoms. The predicted molar refractivity (Wildman–Crippen MR) is 81.5 cm³/mol. The van der Waals surface area contributed by atoms with Crippen molar-refractivity contribution in [2.45, 2.75) is 25.4 Å². The molecule has 1 heterocycles. The van der Waals surface area contributed by atoms with E-state index in [1.165, 1.54) is 0 Å². The van der Waals surface area contributed by atoms with Crippen molar-refractivity contribution >= 4 is 12.0 Å². The second-order valence-corrected chi connectivity index (χ2v) is 5.38. The average molecular weight is 306 g/mol. The number of nitrogens with one attached hydrogen (secondary N) is 2. The zero-order valence-corrected chi connectivity index (χ0v) is 12.5. The van der Waals surface area contributed by atoms with E-state index in [0.29, 0.717) is 26.1 Å². The number of rotatable bonds is 7. The Morgan fingerprint density at radius 3 is 2.73 bits per heavy atom. The van der Waals surface area contributed by atoms with Gasteiger partial charge in [0.05, 0.1) is 6.10 Å². The van der Waals surface area contributed by atoms with Crippen LogP contribution in [0.15, 0.2) is 30.3 Å². The maximum Gasteiger partial charge on any atom is 0.314 e. The Bertz CT molecular complexity index is 492. The molecule has 0 bridgehead atoms. The SMILES string of the molecule is O=C(O)CCCNC(=O)NC[C@@H]1CCO[C@H]1c1ccccc1. The molecule has 0 unspecified atom stereocenters. The van der Waals surface area contributed by atoms with Crippen molar-refractivity contribution in [3.05, 3.63) is 35.9 Å². The lowest BCUT2D eigenvalue weighted by atomic mass is 9.95. The Morgan fingerprint density at radius 1 is 1.23 bits per heavy atom. The lowest BCUT2D eigenvalue weighted by molar-refractivity contribution is -0.137. The number of carbonyl (C=O) groups excluding carboxylic acids is 1. The summed E-state index contributed by atoms with van der Waals surface area (Å²) in [5, 5.41) is 14.0. The standard InChI is InChI=1S/C16H22N2O4/c19-14(20)7-4-9-17-16(21)18-11-13-8-10-22-15(13)12-5-2-1-3-6-12/h1-3,5-6,13,15H,4,7-11H2,(H,19,20)(H2,17,18,21)/t13-,15-/m0/s1. The van der Waals surface area contributed by atoms with Crippen LogP contribution in [0.2, 0.25) is 0 Å². The third-order valence-electron chi connectivity index (χ3n) is 3.72. The maximum atomic E-state index is 11.7. The Labute approximate surface area is 129 Å². The van der Waals surface area contributed by atoms with Gasteiger partial charge < -0.3 is 20.5 Å². The maximum absolute atomic E-state index is 11.7. The van der Waals surface area contributed by atoms with Crippen LogP contribution in [0.4, 0.5) is 4.79 Å². The molecule has 1 aliphatic rings. The summed E-state index contributed by atoms with van der Waals surface area (Å²) in [6.07, 6.45) is 1.43. The Kier molecular flexibility index (Phi) is 6.21. The van der Waals surface area contributed by atoms with E-state index in [1.54, 1.807) is 0 Å². The normalized spacial score (nSPS) is 20.5. The van der Waals surface area contributed by atoms with Crippen LogP contribution in [0.3, 0.4) is 0 Å². The van der Waals surface area contributed by atoms with E-state index in [4.69, 9.17) is 9.84 Å². The molecular formula is C16H22N2O4. The van der Waals surface area contributed by atoms with Crippen molar-refractivity contribution in [3.63, 3.8) is 0 Å². The second-order valence-electron chi connectivity index (χ2n) is 5.38. The molecule has 1 fully saturated rings. The van der Waals surface area contributed by atoms with Gasteiger partial charge in [-0.3, -0.25) is 4.79 Å². The van der Waals surface area contributed by atoms with Crippen LogP contribution in [-0.2, 0) is 9.53 Å². The van der Waals surface area contributed by atoms with E-state index < -0.39 is 5.97 Å². The molecule has 2 rings (SSSR count). The molecule has 1 aromatic carbocycles. The fourth-order valence-corrected chi connectivity index (χ4v) is 2.58. The average Bonchev–Trinajstić information content (AvgIpc) is 2.99. The van der Waals surface area contributed by atoms with Crippen molar-refractivity contribution < 1.29 is 19.4 Å². The van der Waals surface area contributed by atoms with Gasteiger partial charge in [-0.05, 0) is 18.4 Å². The van der Waals surface area contributed by atoms with Crippen molar-refractivity contribution in [2.24, 2.45) is 5.92 Å². The molecule has 0 radical (unpaired) electrons. The highest BCUT2D eigenvalue weighted by Gasteiger charge is 2.29. The first-order valence-corrected chi connectivity index (χ1v) is 7.57. The molecule has 1 aliphatic heterocycles. The molecule has 3 N–H and O–H groups in total. The summed E-state index contributed by atoms with van der Waals surface area (Å²) in [7, 11) is 0. The Morgan fingerprint density at radius 2 is 2.00 bits per heavy atom. The predicted octanol–water partition coefficient (Wildman–Crippen LogP) is 1.93. The van der Waals surface area contributed by atoms with E-state index in [-0.39, 0.29) is 24.5 Å². The van der Waals surface area contributed by atoms with E-state index in [1.807, 2.05) is 30.3 Å². The van der Waals surface area contributed by atoms with Gasteiger partial charge in [0, 0.05) is 32.0 Å². The molecule has 0 saturated carbocycles. The van der Waals surface area contributed by atoms with Gasteiger partial charge >= 0.3 is 12.0 Å². The second kappa shape index (κ2) is 8.38. The molecule has 120 valence electrons. The first-order valence-electron chi connectivity index (χ1n) is 7.57. The monoisotopic (exact) mass is 306 g/mol. The van der Waals surface area contributed by atoms with Gasteiger partial charge in [0.2, 0.25) is 0 Å². The molecule has 2 amide bonds. The summed E-state index contributed by atoms with van der Waals surface area (Å²) in [6.45, 7) is 1.61. The first kappa shape index (κ1) is 16.3. The molecule has 1 aromatic rings. The smallest absolute Gasteiger partial charge is 0.314 e. The van der Waals surface area contributed by atoms with Crippen LogP contribution in [0.1, 0.15) is 30.9 Å². The molecule has 6 nitrogen and oxygen atoms in total. The third-order valence-corrected chi connectivity index (χ3v) is 3.72. The summed E-state index contributed by atoms with van der Waals surface area (Å²) >= 11 is 0. The number of hydrogen-bond donors (Lipinski definition) is 3. The molecular weight excluding hydrogens is 284 g/mol. The van der Waals surface area contributed by atoms with Gasteiger partial charge in [-0.2, -0.15) is 0 Å². The summed E-state index contributed by atoms with van der Waals surface area (Å²) in [6, 6.07) is 9.75. The number of urea groups is 1. The Hall–Kier alpha value is -2.08. The molecule has 0 aliphatic carbocycles. The fourth-order valence-electron chi connectivity index (χ4n) is 2.58. The quantitative estimate of drug-likeness (QED) is 0.672. The van der Waals surface area contributed by atoms with Crippen LogP contribution in [0.25, 0.3) is 0 Å². The van der Waals surface area contributed by atoms with Crippen molar-refractivity contribution in [1.29, 1.82) is 0 Å². The largest absolute Gasteiger partial charge is 0.481 e. The highest BCUT2D eigenvalue weighted by atomic mass is 16.5. The van der Waals surface area contributed by atoms with E-state index in [0.717, 1.165) is 12.0 Å². The summed E-state index contributed by atoms with van der Waals surface area (Å²) < 4.78 is 5.77. The van der Waals surface area contributed by atoms with Crippen molar-refractivity contribution in [3.8, 4) is 0 Å². The van der Waals surface area contributed by atoms with Crippen LogP contribution < -0.4 is 10.6 Å². The first-order chi connectivity index (χ1) is 10.7. The van der Waals surface area contributed by atoms with Gasteiger partial charge in [-0.1, -0.05) is 30.3 Å². The molecule has 22 heavy (non-hydrogen) atoms. The van der Waals surface area contributed by atoms with E-state index in [2.05, 4.69) is 10.6 Å². The topological polar surface area (TPSA) is 87.7 Å². The molecule has 0 aromatic heterocycles. The number of benzene rings is 1. The van der Waals surface area contributed by atoms with Crippen molar-refractivity contribution in [1.82, 2.24) is 10.6 Å². The summed E-state index contributed by atoms with van der Waals surface area (Å²) in [5.41, 5.74) is 1.13. The number of carboxylic acid groups (broad SMARTS) is 1. The van der Waals surface area contributed by atoms with Crippen LogP contribution in [0.5, 0.6) is 0 Å². The van der Waals surface area contributed by atoms with Crippen LogP contribution in [-0.4, -0.2) is 36.8 Å². The number of aliphatic carboxylic acids is 1. The lowest BCUT2D eigenvalue weighted by Gasteiger charge is -2.19. The van der Waals surface area contributed by atoms with Crippen LogP contribution >= 0.6 is 0 Å². The number of ether oxygens (including phenoxy) is 1. The lowest BCUT2D eigenvalue weighted by Crippen LogP contribution is -2.39. The molecule has 6 heteroatoms. The fraction of sp³-hybridized carbons (Fsp3) is 0.500. The molecule has 1 saturated heterocycles. The van der Waals surface area contributed by atoms with E-state index in [9.17, 15) is 9.59 Å². The number of carboxylic acids is 1. The van der Waals surface area contributed by atoms with Gasteiger partial charge in [-0.15, -0.1) is 0 Å². The van der Waals surface area contributed by atoms with Crippen molar-refractivity contribution in [2.75, 3.05) is 19.7 Å². The summed E-state index contributed by atoms with van der Waals surface area (Å²) in [4.78, 5) is 22.0. The minimum absolute atomic E-state index is 0.0218.